The van der Waals surface area contributed by atoms with E-state index in [0.29, 0.717) is 36.5 Å². The third-order valence-corrected chi connectivity index (χ3v) is 4.66. The van der Waals surface area contributed by atoms with Crippen molar-refractivity contribution >= 4 is 17.5 Å². The fourth-order valence-corrected chi connectivity index (χ4v) is 3.00. The number of anilines is 1. The van der Waals surface area contributed by atoms with Gasteiger partial charge in [-0.3, -0.25) is 9.59 Å². The summed E-state index contributed by atoms with van der Waals surface area (Å²) in [5, 5.41) is 2.88. The van der Waals surface area contributed by atoms with Crippen LogP contribution in [0.15, 0.2) is 42.5 Å². The number of morpholine rings is 1. The first-order valence-corrected chi connectivity index (χ1v) is 8.83. The molecular formula is C21H24N2O3. The number of nitrogens with one attached hydrogen (secondary N) is 1. The van der Waals surface area contributed by atoms with Crippen LogP contribution in [0.3, 0.4) is 0 Å². The highest BCUT2D eigenvalue weighted by molar-refractivity contribution is 6.05. The molecule has 26 heavy (non-hydrogen) atoms. The molecule has 1 unspecified atom stereocenters. The lowest BCUT2D eigenvalue weighted by Crippen LogP contribution is -2.44. The molecule has 1 aliphatic rings. The molecule has 0 spiro atoms. The van der Waals surface area contributed by atoms with Gasteiger partial charge in [-0.05, 0) is 62.2 Å². The summed E-state index contributed by atoms with van der Waals surface area (Å²) in [4.78, 5) is 27.0. The molecule has 0 aromatic heterocycles. The van der Waals surface area contributed by atoms with E-state index in [-0.39, 0.29) is 17.9 Å². The molecule has 0 aliphatic carbocycles. The number of rotatable bonds is 3. The fraction of sp³-hybridized carbons (Fsp3) is 0.333. The number of carbonyl (C=O) groups is 2. The van der Waals surface area contributed by atoms with E-state index < -0.39 is 0 Å². The highest BCUT2D eigenvalue weighted by atomic mass is 16.5. The van der Waals surface area contributed by atoms with Crippen LogP contribution in [0.25, 0.3) is 0 Å². The van der Waals surface area contributed by atoms with Crippen molar-refractivity contribution in [3.8, 4) is 0 Å². The average Bonchev–Trinajstić information content (AvgIpc) is 2.63. The van der Waals surface area contributed by atoms with Crippen molar-refractivity contribution in [1.29, 1.82) is 0 Å². The number of aryl methyl sites for hydroxylation is 2. The summed E-state index contributed by atoms with van der Waals surface area (Å²) in [5.41, 5.74) is 4.00. The summed E-state index contributed by atoms with van der Waals surface area (Å²) >= 11 is 0. The molecule has 1 aliphatic heterocycles. The molecule has 1 atom stereocenters. The normalized spacial score (nSPS) is 17.0. The Hall–Kier alpha value is -2.66. The molecule has 1 fully saturated rings. The SMILES string of the molecule is Cc1ccc(C(=O)Nc2cccc(C(=O)N3CCOC(C)C3)c2)cc1C. The van der Waals surface area contributed by atoms with E-state index in [4.69, 9.17) is 4.74 Å². The maximum absolute atomic E-state index is 12.7. The van der Waals surface area contributed by atoms with Gasteiger partial charge in [-0.1, -0.05) is 12.1 Å². The van der Waals surface area contributed by atoms with Gasteiger partial charge in [0.25, 0.3) is 11.8 Å². The summed E-state index contributed by atoms with van der Waals surface area (Å²) in [7, 11) is 0. The Morgan fingerprint density at radius 1 is 1.08 bits per heavy atom. The van der Waals surface area contributed by atoms with Gasteiger partial charge >= 0.3 is 0 Å². The van der Waals surface area contributed by atoms with Crippen LogP contribution < -0.4 is 5.32 Å². The van der Waals surface area contributed by atoms with Gasteiger partial charge < -0.3 is 15.0 Å². The predicted octanol–water partition coefficient (Wildman–Crippen LogP) is 3.42. The molecule has 0 saturated carbocycles. The summed E-state index contributed by atoms with van der Waals surface area (Å²) in [6, 6.07) is 12.7. The Bertz CT molecular complexity index is 832. The van der Waals surface area contributed by atoms with Crippen LogP contribution in [-0.2, 0) is 4.74 Å². The second kappa shape index (κ2) is 7.70. The molecule has 5 heteroatoms. The van der Waals surface area contributed by atoms with Crippen LogP contribution in [0, 0.1) is 13.8 Å². The van der Waals surface area contributed by atoms with Gasteiger partial charge in [0.2, 0.25) is 0 Å². The third-order valence-electron chi connectivity index (χ3n) is 4.66. The smallest absolute Gasteiger partial charge is 0.255 e. The number of benzene rings is 2. The number of hydrogen-bond donors (Lipinski definition) is 1. The lowest BCUT2D eigenvalue weighted by Gasteiger charge is -2.31. The van der Waals surface area contributed by atoms with Crippen molar-refractivity contribution in [2.24, 2.45) is 0 Å². The maximum atomic E-state index is 12.7. The zero-order valence-corrected chi connectivity index (χ0v) is 15.4. The monoisotopic (exact) mass is 352 g/mol. The van der Waals surface area contributed by atoms with Gasteiger partial charge in [0.1, 0.15) is 0 Å². The van der Waals surface area contributed by atoms with E-state index in [1.165, 1.54) is 0 Å². The van der Waals surface area contributed by atoms with Crippen molar-refractivity contribution in [3.05, 3.63) is 64.7 Å². The van der Waals surface area contributed by atoms with Crippen molar-refractivity contribution in [2.75, 3.05) is 25.0 Å². The maximum Gasteiger partial charge on any atom is 0.255 e. The summed E-state index contributed by atoms with van der Waals surface area (Å²) in [5.74, 6) is -0.222. The minimum absolute atomic E-state index is 0.0394. The van der Waals surface area contributed by atoms with Crippen LogP contribution in [-0.4, -0.2) is 42.5 Å². The third kappa shape index (κ3) is 4.11. The fourth-order valence-electron chi connectivity index (χ4n) is 3.00. The molecule has 0 bridgehead atoms. The number of ether oxygens (including phenoxy) is 1. The van der Waals surface area contributed by atoms with Gasteiger partial charge in [-0.15, -0.1) is 0 Å². The van der Waals surface area contributed by atoms with E-state index in [9.17, 15) is 9.59 Å². The first kappa shape index (κ1) is 18.1. The number of amides is 2. The molecule has 2 aromatic rings. The van der Waals surface area contributed by atoms with Crippen molar-refractivity contribution in [2.45, 2.75) is 26.9 Å². The van der Waals surface area contributed by atoms with Gasteiger partial charge in [0, 0.05) is 29.9 Å². The molecule has 2 aromatic carbocycles. The zero-order chi connectivity index (χ0) is 18.7. The number of hydrogen-bond acceptors (Lipinski definition) is 3. The zero-order valence-electron chi connectivity index (χ0n) is 15.4. The molecule has 1 saturated heterocycles. The standard InChI is InChI=1S/C21H24N2O3/c1-14-7-8-17(11-15(14)2)20(24)22-19-6-4-5-18(12-19)21(25)23-9-10-26-16(3)13-23/h4-8,11-12,16H,9-10,13H2,1-3H3,(H,22,24). The van der Waals surface area contributed by atoms with Crippen molar-refractivity contribution in [3.63, 3.8) is 0 Å². The highest BCUT2D eigenvalue weighted by Gasteiger charge is 2.22. The van der Waals surface area contributed by atoms with Crippen LogP contribution >= 0.6 is 0 Å². The topological polar surface area (TPSA) is 58.6 Å². The molecule has 1 N–H and O–H groups in total. The van der Waals surface area contributed by atoms with Crippen molar-refractivity contribution < 1.29 is 14.3 Å². The Balaban J connectivity index is 1.73. The van der Waals surface area contributed by atoms with E-state index in [1.54, 1.807) is 29.2 Å². The molecular weight excluding hydrogens is 328 g/mol. The van der Waals surface area contributed by atoms with Gasteiger partial charge in [0.15, 0.2) is 0 Å². The average molecular weight is 352 g/mol. The Kier molecular flexibility index (Phi) is 5.38. The van der Waals surface area contributed by atoms with E-state index >= 15 is 0 Å². The van der Waals surface area contributed by atoms with Crippen LogP contribution in [0.2, 0.25) is 0 Å². The van der Waals surface area contributed by atoms with Crippen LogP contribution in [0.1, 0.15) is 38.8 Å². The van der Waals surface area contributed by atoms with Gasteiger partial charge in [-0.25, -0.2) is 0 Å². The van der Waals surface area contributed by atoms with Gasteiger partial charge in [0.05, 0.1) is 12.7 Å². The van der Waals surface area contributed by atoms with Crippen LogP contribution in [0.5, 0.6) is 0 Å². The Morgan fingerprint density at radius 3 is 2.62 bits per heavy atom. The van der Waals surface area contributed by atoms with Crippen molar-refractivity contribution in [1.82, 2.24) is 4.90 Å². The highest BCUT2D eigenvalue weighted by Crippen LogP contribution is 2.17. The number of nitrogens with zero attached hydrogens (tertiary/aromatic N) is 1. The summed E-state index contributed by atoms with van der Waals surface area (Å²) in [6.07, 6.45) is 0.0420. The lowest BCUT2D eigenvalue weighted by atomic mass is 10.1. The Morgan fingerprint density at radius 2 is 1.88 bits per heavy atom. The molecule has 1 heterocycles. The predicted molar refractivity (Wildman–Crippen MR) is 102 cm³/mol. The lowest BCUT2D eigenvalue weighted by molar-refractivity contribution is -0.0124. The summed E-state index contributed by atoms with van der Waals surface area (Å²) < 4.78 is 5.49. The van der Waals surface area contributed by atoms with Crippen LogP contribution in [0.4, 0.5) is 5.69 Å². The second-order valence-corrected chi connectivity index (χ2v) is 6.77. The van der Waals surface area contributed by atoms with E-state index in [0.717, 1.165) is 11.1 Å². The first-order valence-electron chi connectivity index (χ1n) is 8.83. The molecule has 0 radical (unpaired) electrons. The second-order valence-electron chi connectivity index (χ2n) is 6.77. The molecule has 2 amide bonds. The molecule has 5 nitrogen and oxygen atoms in total. The van der Waals surface area contributed by atoms with E-state index in [1.807, 2.05) is 39.0 Å². The van der Waals surface area contributed by atoms with E-state index in [2.05, 4.69) is 5.32 Å². The van der Waals surface area contributed by atoms with Gasteiger partial charge in [-0.2, -0.15) is 0 Å². The minimum atomic E-state index is -0.183. The largest absolute Gasteiger partial charge is 0.375 e. The minimum Gasteiger partial charge on any atom is -0.375 e. The molecule has 136 valence electrons. The first-order chi connectivity index (χ1) is 12.4. The quantitative estimate of drug-likeness (QED) is 0.921. The summed E-state index contributed by atoms with van der Waals surface area (Å²) in [6.45, 7) is 7.67. The Labute approximate surface area is 154 Å². The number of carbonyl (C=O) groups excluding carboxylic acids is 2. The molecule has 3 rings (SSSR count).